The molecule has 0 aromatic heterocycles. The van der Waals surface area contributed by atoms with Crippen LogP contribution in [-0.2, 0) is 0 Å². The molecule has 0 unspecified atom stereocenters. The Balaban J connectivity index is 1.13. The lowest BCUT2D eigenvalue weighted by Crippen LogP contribution is -2.12. The van der Waals surface area contributed by atoms with Crippen molar-refractivity contribution in [3.63, 3.8) is 0 Å². The van der Waals surface area contributed by atoms with Gasteiger partial charge in [0.15, 0.2) is 5.69 Å². The van der Waals surface area contributed by atoms with Crippen molar-refractivity contribution in [1.29, 1.82) is 5.26 Å². The molecule has 4 nitrogen and oxygen atoms in total. The molecular weight excluding hydrogens is 945 g/mol. The number of nitrogens with zero attached hydrogens (tertiary/aromatic N) is 4. The smallest absolute Gasteiger partial charge is 0.189 e. The molecule has 4 heteroatoms. The van der Waals surface area contributed by atoms with Gasteiger partial charge in [0.05, 0.1) is 29.6 Å². The largest absolute Gasteiger partial charge is 0.311 e. The zero-order chi connectivity index (χ0) is 53.9. The van der Waals surface area contributed by atoms with Gasteiger partial charge in [-0.2, -0.15) is 5.26 Å². The summed E-state index contributed by atoms with van der Waals surface area (Å²) in [7, 11) is 0. The average molecular weight is 1000 g/mol. The first-order valence-corrected chi connectivity index (χ1v) is 26.7. The van der Waals surface area contributed by atoms with Crippen LogP contribution < -0.4 is 9.80 Å². The van der Waals surface area contributed by atoms with Crippen LogP contribution in [0.25, 0.3) is 81.7 Å². The Morgan fingerprint density at radius 3 is 1.03 bits per heavy atom. The fraction of sp³-hybridized carbons (Fsp3) is 0.108. The molecule has 0 bridgehead atoms. The summed E-state index contributed by atoms with van der Waals surface area (Å²) in [4.78, 5) is 8.65. The highest BCUT2D eigenvalue weighted by Crippen LogP contribution is 2.50. The van der Waals surface area contributed by atoms with Crippen LogP contribution in [0, 0.1) is 73.3 Å². The monoisotopic (exact) mass is 1000 g/mol. The molecule has 374 valence electrons. The van der Waals surface area contributed by atoms with Gasteiger partial charge in [0.25, 0.3) is 0 Å². The van der Waals surface area contributed by atoms with Crippen LogP contribution in [-0.4, -0.2) is 0 Å². The van der Waals surface area contributed by atoms with Crippen LogP contribution in [0.2, 0.25) is 0 Å². The second-order valence-electron chi connectivity index (χ2n) is 21.6. The van der Waals surface area contributed by atoms with Crippen LogP contribution >= 0.6 is 0 Å². The highest BCUT2D eigenvalue weighted by atomic mass is 15.2. The first-order chi connectivity index (χ1) is 37.7. The topological polar surface area (TPSA) is 34.6 Å². The second kappa shape index (κ2) is 19.8. The van der Waals surface area contributed by atoms with Gasteiger partial charge in [-0.3, -0.25) is 0 Å². The summed E-state index contributed by atoms with van der Waals surface area (Å²) in [5.41, 5.74) is 25.7. The average Bonchev–Trinajstić information content (AvgIpc) is 3.61. The van der Waals surface area contributed by atoms with E-state index in [1.165, 1.54) is 44.5 Å². The zero-order valence-electron chi connectivity index (χ0n) is 45.4. The Morgan fingerprint density at radius 2 is 0.667 bits per heavy atom. The van der Waals surface area contributed by atoms with Gasteiger partial charge in [-0.1, -0.05) is 172 Å². The van der Waals surface area contributed by atoms with Gasteiger partial charge in [0.1, 0.15) is 0 Å². The highest BCUT2D eigenvalue weighted by molar-refractivity contribution is 6.28. The van der Waals surface area contributed by atoms with E-state index in [0.717, 1.165) is 111 Å². The SMILES string of the molecule is [C-]#[N+]c1cccc(N(c2cc(-c3cc(C)cc(C)c3)cc(-c3cc(C)cc(C)c3)c2)c2ccc3ccc4c(N(c5cccc(C#N)c5)c5cc(-c6cc(C)cc(C)c6)cc(-c6cc(C)cc(C)c6)c5)ccc5ccc2c3c54)c1. The van der Waals surface area contributed by atoms with E-state index in [4.69, 9.17) is 6.57 Å². The Kier molecular flexibility index (Phi) is 12.4. The molecule has 78 heavy (non-hydrogen) atoms. The van der Waals surface area contributed by atoms with Gasteiger partial charge in [-0.25, -0.2) is 4.85 Å². The van der Waals surface area contributed by atoms with Gasteiger partial charge in [-0.15, -0.1) is 0 Å². The van der Waals surface area contributed by atoms with E-state index in [-0.39, 0.29) is 0 Å². The number of aryl methyl sites for hydroxylation is 8. The number of hydrogen-bond acceptors (Lipinski definition) is 3. The summed E-state index contributed by atoms with van der Waals surface area (Å²) in [5.74, 6) is 0. The fourth-order valence-electron chi connectivity index (χ4n) is 12.1. The molecule has 0 N–H and O–H groups in total. The minimum absolute atomic E-state index is 0.572. The van der Waals surface area contributed by atoms with Gasteiger partial charge < -0.3 is 9.80 Å². The lowest BCUT2D eigenvalue weighted by molar-refractivity contribution is 1.29. The molecule has 0 saturated carbocycles. The van der Waals surface area contributed by atoms with Gasteiger partial charge >= 0.3 is 0 Å². The summed E-state index contributed by atoms with van der Waals surface area (Å²) in [6, 6.07) is 77.5. The Bertz CT molecular complexity index is 3960. The number of rotatable bonds is 10. The summed E-state index contributed by atoms with van der Waals surface area (Å²) >= 11 is 0. The third-order valence-electron chi connectivity index (χ3n) is 15.1. The summed E-state index contributed by atoms with van der Waals surface area (Å²) < 4.78 is 0. The zero-order valence-corrected chi connectivity index (χ0v) is 45.4. The number of benzene rings is 12. The first kappa shape index (κ1) is 49.2. The van der Waals surface area contributed by atoms with E-state index in [0.29, 0.717) is 11.3 Å². The van der Waals surface area contributed by atoms with E-state index in [1.807, 2.05) is 36.4 Å². The van der Waals surface area contributed by atoms with E-state index in [2.05, 4.69) is 246 Å². The number of nitriles is 1. The molecule has 12 rings (SSSR count). The van der Waals surface area contributed by atoms with Crippen LogP contribution in [0.15, 0.2) is 206 Å². The van der Waals surface area contributed by atoms with E-state index in [1.54, 1.807) is 0 Å². The lowest BCUT2D eigenvalue weighted by Gasteiger charge is -2.30. The van der Waals surface area contributed by atoms with Crippen LogP contribution in [0.1, 0.15) is 50.1 Å². The molecule has 0 aliphatic carbocycles. The van der Waals surface area contributed by atoms with Crippen molar-refractivity contribution in [1.82, 2.24) is 0 Å². The molecule has 0 atom stereocenters. The van der Waals surface area contributed by atoms with E-state index in [9.17, 15) is 5.26 Å². The number of hydrogen-bond donors (Lipinski definition) is 0. The molecule has 0 amide bonds. The van der Waals surface area contributed by atoms with Crippen LogP contribution in [0.4, 0.5) is 39.8 Å². The molecule has 0 aliphatic rings. The van der Waals surface area contributed by atoms with E-state index < -0.39 is 0 Å². The lowest BCUT2D eigenvalue weighted by atomic mass is 9.91. The third-order valence-corrected chi connectivity index (χ3v) is 15.1. The molecule has 0 fully saturated rings. The van der Waals surface area contributed by atoms with Gasteiger partial charge in [0, 0.05) is 33.5 Å². The predicted molar refractivity (Wildman–Crippen MR) is 330 cm³/mol. The maximum absolute atomic E-state index is 10.4. The molecule has 12 aromatic rings. The Morgan fingerprint density at radius 1 is 0.333 bits per heavy atom. The molecule has 0 spiro atoms. The maximum Gasteiger partial charge on any atom is 0.189 e. The van der Waals surface area contributed by atoms with Crippen molar-refractivity contribution in [3.8, 4) is 50.6 Å². The molecule has 12 aromatic carbocycles. The van der Waals surface area contributed by atoms with Crippen molar-refractivity contribution in [3.05, 3.63) is 268 Å². The summed E-state index contributed by atoms with van der Waals surface area (Å²) in [6.07, 6.45) is 0. The van der Waals surface area contributed by atoms with Crippen molar-refractivity contribution < 1.29 is 0 Å². The fourth-order valence-corrected chi connectivity index (χ4v) is 12.1. The quantitative estimate of drug-likeness (QED) is 0.101. The summed E-state index contributed by atoms with van der Waals surface area (Å²) in [5, 5.41) is 17.1. The molecule has 0 radical (unpaired) electrons. The van der Waals surface area contributed by atoms with Crippen LogP contribution in [0.5, 0.6) is 0 Å². The molecule has 0 aliphatic heterocycles. The second-order valence-corrected chi connectivity index (χ2v) is 21.6. The summed E-state index contributed by atoms with van der Waals surface area (Å²) in [6.45, 7) is 25.5. The molecule has 0 heterocycles. The predicted octanol–water partition coefficient (Wildman–Crippen LogP) is 21.1. The molecular formula is C74H58N4. The standard InChI is InChI=1S/C74H58N4/c1-45-24-46(2)29-56(28-45)60-37-61(57-30-47(3)25-48(4)31-57)40-67(39-60)77(65-14-10-12-53(36-65)44-75)71-22-18-54-17-21-70-72(23-19-55-16-20-69(71)73(54)74(55)70)78(66-15-11-13-64(43-66)76-9)68-41-62(58-32-49(5)26-50(6)33-58)38-63(42-68)59-34-51(7)27-52(8)35-59/h10-43H,1-8H3. The van der Waals surface area contributed by atoms with Crippen LogP contribution in [0.3, 0.4) is 0 Å². The van der Waals surface area contributed by atoms with Crippen molar-refractivity contribution in [2.24, 2.45) is 0 Å². The van der Waals surface area contributed by atoms with Crippen molar-refractivity contribution in [2.45, 2.75) is 55.4 Å². The Labute approximate surface area is 458 Å². The third kappa shape index (κ3) is 9.29. The minimum atomic E-state index is 0.572. The number of anilines is 6. The van der Waals surface area contributed by atoms with Crippen molar-refractivity contribution >= 4 is 72.1 Å². The Hall–Kier alpha value is -9.74. The van der Waals surface area contributed by atoms with Gasteiger partial charge in [0.2, 0.25) is 0 Å². The normalized spacial score (nSPS) is 11.3. The van der Waals surface area contributed by atoms with Crippen molar-refractivity contribution in [2.75, 3.05) is 9.80 Å². The minimum Gasteiger partial charge on any atom is -0.311 e. The highest BCUT2D eigenvalue weighted by Gasteiger charge is 2.24. The molecule has 0 saturated heterocycles. The maximum atomic E-state index is 10.4. The van der Waals surface area contributed by atoms with Gasteiger partial charge in [-0.05, 0) is 200 Å². The van der Waals surface area contributed by atoms with E-state index >= 15 is 0 Å². The first-order valence-electron chi connectivity index (χ1n) is 26.7.